The third-order valence-electron chi connectivity index (χ3n) is 3.94. The van der Waals surface area contributed by atoms with Gasteiger partial charge in [-0.05, 0) is 43.0 Å². The number of nitrogens with two attached hydrogens (primary N) is 1. The predicted molar refractivity (Wildman–Crippen MR) is 85.6 cm³/mol. The van der Waals surface area contributed by atoms with Gasteiger partial charge in [-0.1, -0.05) is 15.9 Å². The first-order valence-corrected chi connectivity index (χ1v) is 9.15. The fourth-order valence-corrected chi connectivity index (χ4v) is 4.95. The first-order valence-electron chi connectivity index (χ1n) is 6.92. The van der Waals surface area contributed by atoms with Crippen LogP contribution in [0.3, 0.4) is 0 Å². The van der Waals surface area contributed by atoms with E-state index in [0.29, 0.717) is 24.5 Å². The van der Waals surface area contributed by atoms with Crippen molar-refractivity contribution in [1.82, 2.24) is 4.31 Å². The molecule has 0 spiro atoms. The Labute approximate surface area is 134 Å². The molecule has 0 bridgehead atoms. The Morgan fingerprint density at radius 2 is 2.00 bits per heavy atom. The summed E-state index contributed by atoms with van der Waals surface area (Å²) in [5.41, 5.74) is 7.18. The van der Waals surface area contributed by atoms with Crippen molar-refractivity contribution in [2.75, 3.05) is 20.2 Å². The Balaban J connectivity index is 2.34. The number of piperidine rings is 1. The molecule has 0 amide bonds. The van der Waals surface area contributed by atoms with Gasteiger partial charge in [0, 0.05) is 31.2 Å². The van der Waals surface area contributed by atoms with E-state index >= 15 is 0 Å². The van der Waals surface area contributed by atoms with E-state index < -0.39 is 10.0 Å². The molecule has 1 aliphatic heterocycles. The highest BCUT2D eigenvalue weighted by molar-refractivity contribution is 9.10. The van der Waals surface area contributed by atoms with Gasteiger partial charge < -0.3 is 10.5 Å². The highest BCUT2D eigenvalue weighted by atomic mass is 79.9. The molecule has 5 nitrogen and oxygen atoms in total. The standard InChI is InChI=1S/C14H21BrN2O3S/c1-10-13(15)7-11(9-16)8-14(10)21(18,19)17-5-3-12(20-2)4-6-17/h7-8,12H,3-6,9,16H2,1-2H3. The van der Waals surface area contributed by atoms with Crippen molar-refractivity contribution in [2.24, 2.45) is 5.73 Å². The van der Waals surface area contributed by atoms with Crippen LogP contribution in [0.25, 0.3) is 0 Å². The van der Waals surface area contributed by atoms with Gasteiger partial charge in [0.2, 0.25) is 10.0 Å². The molecule has 118 valence electrons. The van der Waals surface area contributed by atoms with Crippen LogP contribution >= 0.6 is 15.9 Å². The number of nitrogens with zero attached hydrogens (tertiary/aromatic N) is 1. The second-order valence-corrected chi connectivity index (χ2v) is 8.00. The van der Waals surface area contributed by atoms with Crippen LogP contribution < -0.4 is 5.73 Å². The first kappa shape index (κ1) is 16.9. The van der Waals surface area contributed by atoms with Gasteiger partial charge in [-0.2, -0.15) is 4.31 Å². The quantitative estimate of drug-likeness (QED) is 0.872. The number of ether oxygens (including phenoxy) is 1. The molecular formula is C14H21BrN2O3S. The minimum absolute atomic E-state index is 0.152. The molecule has 0 aliphatic carbocycles. The smallest absolute Gasteiger partial charge is 0.243 e. The highest BCUT2D eigenvalue weighted by Crippen LogP contribution is 2.29. The maximum atomic E-state index is 12.8. The molecule has 0 aromatic heterocycles. The number of rotatable bonds is 4. The Kier molecular flexibility index (Phi) is 5.43. The number of hydrogen-bond acceptors (Lipinski definition) is 4. The van der Waals surface area contributed by atoms with Crippen LogP contribution in [0, 0.1) is 6.92 Å². The van der Waals surface area contributed by atoms with E-state index in [0.717, 1.165) is 28.4 Å². The normalized spacial score (nSPS) is 18.1. The molecule has 0 unspecified atom stereocenters. The molecule has 1 heterocycles. The molecule has 0 atom stereocenters. The van der Waals surface area contributed by atoms with E-state index in [4.69, 9.17) is 10.5 Å². The maximum absolute atomic E-state index is 12.8. The monoisotopic (exact) mass is 376 g/mol. The van der Waals surface area contributed by atoms with Gasteiger partial charge in [-0.25, -0.2) is 8.42 Å². The summed E-state index contributed by atoms with van der Waals surface area (Å²) < 4.78 is 33.3. The van der Waals surface area contributed by atoms with E-state index in [1.165, 1.54) is 4.31 Å². The lowest BCUT2D eigenvalue weighted by Gasteiger charge is -2.31. The lowest BCUT2D eigenvalue weighted by molar-refractivity contribution is 0.0604. The van der Waals surface area contributed by atoms with E-state index in [1.54, 1.807) is 20.1 Å². The van der Waals surface area contributed by atoms with Crippen molar-refractivity contribution in [2.45, 2.75) is 37.3 Å². The Bertz CT molecular complexity index is 611. The van der Waals surface area contributed by atoms with E-state index in [1.807, 2.05) is 6.07 Å². The molecule has 1 aromatic rings. The Hall–Kier alpha value is -0.470. The molecule has 7 heteroatoms. The van der Waals surface area contributed by atoms with Gasteiger partial charge in [-0.15, -0.1) is 0 Å². The Morgan fingerprint density at radius 1 is 1.38 bits per heavy atom. The van der Waals surface area contributed by atoms with Crippen molar-refractivity contribution in [3.8, 4) is 0 Å². The summed E-state index contributed by atoms with van der Waals surface area (Å²) in [6, 6.07) is 3.54. The summed E-state index contributed by atoms with van der Waals surface area (Å²) in [5, 5.41) is 0. The van der Waals surface area contributed by atoms with E-state index in [9.17, 15) is 8.42 Å². The summed E-state index contributed by atoms with van der Waals surface area (Å²) in [5.74, 6) is 0. The van der Waals surface area contributed by atoms with Crippen LogP contribution in [-0.4, -0.2) is 39.0 Å². The molecule has 1 saturated heterocycles. The number of methoxy groups -OCH3 is 1. The van der Waals surface area contributed by atoms with Crippen molar-refractivity contribution in [3.05, 3.63) is 27.7 Å². The summed E-state index contributed by atoms with van der Waals surface area (Å²) in [6.07, 6.45) is 1.61. The van der Waals surface area contributed by atoms with Crippen LogP contribution in [0.2, 0.25) is 0 Å². The highest BCUT2D eigenvalue weighted by Gasteiger charge is 2.31. The molecule has 0 radical (unpaired) electrons. The third kappa shape index (κ3) is 3.48. The minimum Gasteiger partial charge on any atom is -0.381 e. The van der Waals surface area contributed by atoms with Gasteiger partial charge in [0.1, 0.15) is 0 Å². The van der Waals surface area contributed by atoms with Gasteiger partial charge in [0.15, 0.2) is 0 Å². The van der Waals surface area contributed by atoms with Gasteiger partial charge in [0.25, 0.3) is 0 Å². The fraction of sp³-hybridized carbons (Fsp3) is 0.571. The molecule has 1 aromatic carbocycles. The number of benzene rings is 1. The Morgan fingerprint density at radius 3 is 2.52 bits per heavy atom. The second kappa shape index (κ2) is 6.75. The predicted octanol–water partition coefficient (Wildman–Crippen LogP) is 2.02. The van der Waals surface area contributed by atoms with Crippen LogP contribution in [0.5, 0.6) is 0 Å². The van der Waals surface area contributed by atoms with E-state index in [-0.39, 0.29) is 6.10 Å². The largest absolute Gasteiger partial charge is 0.381 e. The summed E-state index contributed by atoms with van der Waals surface area (Å²) in [7, 11) is -1.82. The first-order chi connectivity index (χ1) is 9.90. The van der Waals surface area contributed by atoms with Crippen molar-refractivity contribution < 1.29 is 13.2 Å². The topological polar surface area (TPSA) is 72.6 Å². The lowest BCUT2D eigenvalue weighted by atomic mass is 10.1. The fourth-order valence-electron chi connectivity index (χ4n) is 2.54. The van der Waals surface area contributed by atoms with Gasteiger partial charge >= 0.3 is 0 Å². The van der Waals surface area contributed by atoms with Gasteiger partial charge in [0.05, 0.1) is 11.0 Å². The van der Waals surface area contributed by atoms with Crippen LogP contribution in [-0.2, 0) is 21.3 Å². The zero-order chi connectivity index (χ0) is 15.6. The molecule has 1 fully saturated rings. The van der Waals surface area contributed by atoms with Crippen molar-refractivity contribution in [1.29, 1.82) is 0 Å². The van der Waals surface area contributed by atoms with Crippen molar-refractivity contribution >= 4 is 26.0 Å². The van der Waals surface area contributed by atoms with Crippen LogP contribution in [0.1, 0.15) is 24.0 Å². The molecule has 0 saturated carbocycles. The summed E-state index contributed by atoms with van der Waals surface area (Å²) >= 11 is 3.42. The maximum Gasteiger partial charge on any atom is 0.243 e. The molecule has 2 rings (SSSR count). The average Bonchev–Trinajstić information content (AvgIpc) is 2.49. The lowest BCUT2D eigenvalue weighted by Crippen LogP contribution is -2.40. The van der Waals surface area contributed by atoms with Gasteiger partial charge in [-0.3, -0.25) is 0 Å². The van der Waals surface area contributed by atoms with Crippen LogP contribution in [0.15, 0.2) is 21.5 Å². The molecule has 2 N–H and O–H groups in total. The van der Waals surface area contributed by atoms with Crippen molar-refractivity contribution in [3.63, 3.8) is 0 Å². The second-order valence-electron chi connectivity index (χ2n) is 5.24. The molecule has 21 heavy (non-hydrogen) atoms. The zero-order valence-corrected chi connectivity index (χ0v) is 14.7. The minimum atomic E-state index is -3.49. The average molecular weight is 377 g/mol. The third-order valence-corrected chi connectivity index (χ3v) is 6.79. The summed E-state index contributed by atoms with van der Waals surface area (Å²) in [6.45, 7) is 3.10. The summed E-state index contributed by atoms with van der Waals surface area (Å²) in [4.78, 5) is 0.341. The molecule has 1 aliphatic rings. The zero-order valence-electron chi connectivity index (χ0n) is 12.3. The van der Waals surface area contributed by atoms with Crippen LogP contribution in [0.4, 0.5) is 0 Å². The number of hydrogen-bond donors (Lipinski definition) is 1. The number of halogens is 1. The molecular weight excluding hydrogens is 356 g/mol. The SMILES string of the molecule is COC1CCN(S(=O)(=O)c2cc(CN)cc(Br)c2C)CC1. The number of sulfonamides is 1. The van der Waals surface area contributed by atoms with E-state index in [2.05, 4.69) is 15.9 Å².